The third-order valence-corrected chi connectivity index (χ3v) is 5.58. The summed E-state index contributed by atoms with van der Waals surface area (Å²) in [6.07, 6.45) is 1.49. The molecule has 0 fully saturated rings. The van der Waals surface area contributed by atoms with E-state index in [-0.39, 0.29) is 19.1 Å². The third-order valence-electron chi connectivity index (χ3n) is 5.30. The summed E-state index contributed by atoms with van der Waals surface area (Å²) in [7, 11) is 1.60. The molecule has 0 spiro atoms. The van der Waals surface area contributed by atoms with Gasteiger partial charge in [-0.1, -0.05) is 23.7 Å². The first-order valence-electron chi connectivity index (χ1n) is 11.2. The number of aromatic amines is 1. The predicted octanol–water partition coefficient (Wildman–Crippen LogP) is 4.35. The summed E-state index contributed by atoms with van der Waals surface area (Å²) in [5, 5.41) is 25.5. The highest BCUT2D eigenvalue weighted by molar-refractivity contribution is 6.32. The van der Waals surface area contributed by atoms with Gasteiger partial charge in [-0.3, -0.25) is 9.89 Å². The number of aromatic nitrogens is 4. The number of hydrogen-bond acceptors (Lipinski definition) is 8. The zero-order valence-electron chi connectivity index (χ0n) is 20.0. The van der Waals surface area contributed by atoms with Gasteiger partial charge in [-0.2, -0.15) is 10.1 Å². The van der Waals surface area contributed by atoms with E-state index in [0.717, 1.165) is 22.4 Å². The molecule has 0 unspecified atom stereocenters. The number of aliphatic hydroxyl groups excluding tert-OH is 1. The van der Waals surface area contributed by atoms with Crippen LogP contribution in [0.3, 0.4) is 0 Å². The first-order valence-corrected chi connectivity index (χ1v) is 11.5. The lowest BCUT2D eigenvalue weighted by molar-refractivity contribution is 0.0963. The SMILES string of the molecule is CNC(=O)c1ccc(-c2cc(OCCO)c(Nc3ncc(Cl)c(Nc4cc(C)[nH]n4)n3)cc2C)cc1. The molecule has 4 rings (SSSR count). The van der Waals surface area contributed by atoms with Crippen LogP contribution in [0.15, 0.2) is 48.7 Å². The number of halogens is 1. The number of carbonyl (C=O) groups is 1. The number of ether oxygens (including phenoxy) is 1. The van der Waals surface area contributed by atoms with Crippen molar-refractivity contribution < 1.29 is 14.6 Å². The number of nitrogens with one attached hydrogen (secondary N) is 4. The molecule has 10 nitrogen and oxygen atoms in total. The summed E-state index contributed by atoms with van der Waals surface area (Å²) in [6, 6.07) is 12.9. The van der Waals surface area contributed by atoms with Gasteiger partial charge in [-0.25, -0.2) is 4.98 Å². The number of aliphatic hydroxyl groups is 1. The van der Waals surface area contributed by atoms with E-state index in [4.69, 9.17) is 16.3 Å². The van der Waals surface area contributed by atoms with E-state index in [1.807, 2.05) is 44.2 Å². The van der Waals surface area contributed by atoms with Crippen LogP contribution in [0.25, 0.3) is 11.1 Å². The van der Waals surface area contributed by atoms with Gasteiger partial charge in [-0.15, -0.1) is 0 Å². The molecule has 0 aliphatic heterocycles. The number of hydrogen-bond donors (Lipinski definition) is 5. The van der Waals surface area contributed by atoms with Gasteiger partial charge in [0, 0.05) is 24.4 Å². The Bertz CT molecular complexity index is 1370. The van der Waals surface area contributed by atoms with Crippen LogP contribution in [0.1, 0.15) is 21.6 Å². The van der Waals surface area contributed by atoms with E-state index in [0.29, 0.717) is 39.6 Å². The van der Waals surface area contributed by atoms with Gasteiger partial charge in [-0.05, 0) is 54.8 Å². The molecule has 0 saturated heterocycles. The molecule has 0 bridgehead atoms. The van der Waals surface area contributed by atoms with Crippen LogP contribution in [0.4, 0.5) is 23.3 Å². The molecule has 5 N–H and O–H groups in total. The number of carbonyl (C=O) groups excluding carboxylic acids is 1. The van der Waals surface area contributed by atoms with E-state index in [2.05, 4.69) is 36.1 Å². The van der Waals surface area contributed by atoms with Gasteiger partial charge >= 0.3 is 0 Å². The van der Waals surface area contributed by atoms with Crippen molar-refractivity contribution in [2.24, 2.45) is 0 Å². The summed E-state index contributed by atoms with van der Waals surface area (Å²) in [6.45, 7) is 3.83. The Hall–Kier alpha value is -4.15. The standard InChI is InChI=1S/C25H26ClN7O3/c1-14-10-20(29-25-28-13-19(26)23(31-25)30-22-11-15(2)32-33-22)21(36-9-8-34)12-18(14)16-4-6-17(7-5-16)24(35)27-3/h4-7,10-13,34H,8-9H2,1-3H3,(H,27,35)(H3,28,29,30,31,32,33). The molecule has 0 aliphatic carbocycles. The molecule has 0 atom stereocenters. The van der Waals surface area contributed by atoms with E-state index < -0.39 is 0 Å². The fraction of sp³-hybridized carbons (Fsp3) is 0.200. The maximum atomic E-state index is 11.9. The minimum absolute atomic E-state index is 0.111. The minimum Gasteiger partial charge on any atom is -0.489 e. The first kappa shape index (κ1) is 25.0. The van der Waals surface area contributed by atoms with E-state index in [1.54, 1.807) is 19.2 Å². The zero-order chi connectivity index (χ0) is 25.7. The Balaban J connectivity index is 1.64. The normalized spacial score (nSPS) is 10.7. The van der Waals surface area contributed by atoms with Crippen molar-refractivity contribution >= 4 is 40.8 Å². The summed E-state index contributed by atoms with van der Waals surface area (Å²) >= 11 is 6.28. The van der Waals surface area contributed by atoms with Crippen molar-refractivity contribution in [3.8, 4) is 16.9 Å². The minimum atomic E-state index is -0.149. The van der Waals surface area contributed by atoms with Crippen LogP contribution in [-0.4, -0.2) is 51.4 Å². The van der Waals surface area contributed by atoms with Crippen molar-refractivity contribution in [1.82, 2.24) is 25.5 Å². The van der Waals surface area contributed by atoms with Gasteiger partial charge in [0.2, 0.25) is 5.95 Å². The number of rotatable bonds is 9. The summed E-state index contributed by atoms with van der Waals surface area (Å²) in [5.74, 6) is 1.63. The van der Waals surface area contributed by atoms with E-state index >= 15 is 0 Å². The fourth-order valence-electron chi connectivity index (χ4n) is 3.56. The third kappa shape index (κ3) is 5.73. The van der Waals surface area contributed by atoms with Crippen LogP contribution in [0, 0.1) is 13.8 Å². The summed E-state index contributed by atoms with van der Waals surface area (Å²) in [4.78, 5) is 20.6. The Morgan fingerprint density at radius 1 is 1.14 bits per heavy atom. The topological polar surface area (TPSA) is 137 Å². The highest BCUT2D eigenvalue weighted by Crippen LogP contribution is 2.36. The Labute approximate surface area is 213 Å². The molecule has 36 heavy (non-hydrogen) atoms. The predicted molar refractivity (Wildman–Crippen MR) is 140 cm³/mol. The second-order valence-corrected chi connectivity index (χ2v) is 8.38. The lowest BCUT2D eigenvalue weighted by Gasteiger charge is -2.17. The van der Waals surface area contributed by atoms with Crippen LogP contribution in [0.2, 0.25) is 5.02 Å². The second kappa shape index (κ2) is 11.1. The molecule has 0 radical (unpaired) electrons. The number of anilines is 4. The van der Waals surface area contributed by atoms with Crippen LogP contribution in [-0.2, 0) is 0 Å². The molecule has 2 heterocycles. The molecule has 1 amide bonds. The van der Waals surface area contributed by atoms with Crippen molar-refractivity contribution in [1.29, 1.82) is 0 Å². The number of aryl methyl sites for hydroxylation is 2. The van der Waals surface area contributed by atoms with Gasteiger partial charge in [0.1, 0.15) is 17.4 Å². The fourth-order valence-corrected chi connectivity index (χ4v) is 3.69. The van der Waals surface area contributed by atoms with Crippen molar-refractivity contribution in [3.05, 3.63) is 70.5 Å². The Kier molecular flexibility index (Phi) is 7.67. The van der Waals surface area contributed by atoms with Gasteiger partial charge in [0.15, 0.2) is 11.6 Å². The largest absolute Gasteiger partial charge is 0.489 e. The van der Waals surface area contributed by atoms with E-state index in [1.165, 1.54) is 6.20 Å². The molecule has 0 saturated carbocycles. The number of amides is 1. The molecule has 0 aliphatic rings. The Morgan fingerprint density at radius 3 is 2.58 bits per heavy atom. The van der Waals surface area contributed by atoms with Crippen LogP contribution in [0.5, 0.6) is 5.75 Å². The second-order valence-electron chi connectivity index (χ2n) is 7.97. The average Bonchev–Trinajstić information content (AvgIpc) is 3.29. The molecular formula is C25H26ClN7O3. The molecule has 11 heteroatoms. The Morgan fingerprint density at radius 2 is 1.92 bits per heavy atom. The maximum absolute atomic E-state index is 11.9. The lowest BCUT2D eigenvalue weighted by Crippen LogP contribution is -2.17. The highest BCUT2D eigenvalue weighted by Gasteiger charge is 2.14. The molecule has 4 aromatic rings. The monoisotopic (exact) mass is 507 g/mol. The smallest absolute Gasteiger partial charge is 0.251 e. The molecule has 2 aromatic heterocycles. The summed E-state index contributed by atoms with van der Waals surface area (Å²) < 4.78 is 5.82. The zero-order valence-corrected chi connectivity index (χ0v) is 20.8. The van der Waals surface area contributed by atoms with E-state index in [9.17, 15) is 9.90 Å². The number of H-pyrrole nitrogens is 1. The van der Waals surface area contributed by atoms with Gasteiger partial charge in [0.25, 0.3) is 5.91 Å². The highest BCUT2D eigenvalue weighted by atomic mass is 35.5. The first-order chi connectivity index (χ1) is 17.4. The van der Waals surface area contributed by atoms with Crippen molar-refractivity contribution in [2.45, 2.75) is 13.8 Å². The van der Waals surface area contributed by atoms with Crippen molar-refractivity contribution in [2.75, 3.05) is 30.9 Å². The molecular weight excluding hydrogens is 482 g/mol. The maximum Gasteiger partial charge on any atom is 0.251 e. The van der Waals surface area contributed by atoms with Crippen LogP contribution < -0.4 is 20.7 Å². The van der Waals surface area contributed by atoms with Crippen LogP contribution >= 0.6 is 11.6 Å². The number of benzene rings is 2. The number of nitrogens with zero attached hydrogens (tertiary/aromatic N) is 3. The van der Waals surface area contributed by atoms with Gasteiger partial charge in [0.05, 0.1) is 18.5 Å². The van der Waals surface area contributed by atoms with Crippen molar-refractivity contribution in [3.63, 3.8) is 0 Å². The molecule has 2 aromatic carbocycles. The quantitative estimate of drug-likeness (QED) is 0.225. The average molecular weight is 508 g/mol. The summed E-state index contributed by atoms with van der Waals surface area (Å²) in [5.41, 5.74) is 4.89. The lowest BCUT2D eigenvalue weighted by atomic mass is 9.98. The van der Waals surface area contributed by atoms with Gasteiger partial charge < -0.3 is 25.8 Å². The molecule has 186 valence electrons.